The summed E-state index contributed by atoms with van der Waals surface area (Å²) in [4.78, 5) is 28.8. The summed E-state index contributed by atoms with van der Waals surface area (Å²) in [5, 5.41) is 3.11. The lowest BCUT2D eigenvalue weighted by atomic mass is 10.1. The number of carbonyl (C=O) groups excluding carboxylic acids is 1. The molecule has 3 aromatic rings. The van der Waals surface area contributed by atoms with Crippen molar-refractivity contribution in [1.82, 2.24) is 14.6 Å². The highest BCUT2D eigenvalue weighted by atomic mass is 16.5. The van der Waals surface area contributed by atoms with Crippen molar-refractivity contribution in [1.29, 1.82) is 0 Å². The number of rotatable bonds is 5. The lowest BCUT2D eigenvalue weighted by Crippen LogP contribution is -2.22. The fraction of sp³-hybridized carbons (Fsp3) is 0.316. The number of aromatic amines is 1. The first kappa shape index (κ1) is 17.0. The van der Waals surface area contributed by atoms with E-state index in [1.54, 1.807) is 13.8 Å². The third-order valence-electron chi connectivity index (χ3n) is 4.13. The Hall–Kier alpha value is -2.89. The van der Waals surface area contributed by atoms with Crippen LogP contribution in [0.2, 0.25) is 0 Å². The maximum absolute atomic E-state index is 12.8. The molecule has 3 rings (SSSR count). The van der Waals surface area contributed by atoms with Gasteiger partial charge in [0.25, 0.3) is 5.56 Å². The van der Waals surface area contributed by atoms with Gasteiger partial charge in [-0.15, -0.1) is 0 Å². The summed E-state index contributed by atoms with van der Waals surface area (Å²) in [6.07, 6.45) is 0.487. The van der Waals surface area contributed by atoms with Gasteiger partial charge in [0.05, 0.1) is 12.3 Å². The standard InChI is InChI=1S/C19H21N3O3/c1-4-25-18(23)9-8-15-13(3)20-17-11-16(21-22(17)19(15)24)14-7-5-6-12(2)10-14/h5-7,10-11,21H,4,8-9H2,1-3H3. The fourth-order valence-electron chi connectivity index (χ4n) is 2.88. The zero-order chi connectivity index (χ0) is 18.0. The molecule has 2 heterocycles. The highest BCUT2D eigenvalue weighted by molar-refractivity contribution is 5.69. The number of hydrogen-bond donors (Lipinski definition) is 1. The lowest BCUT2D eigenvalue weighted by Gasteiger charge is -2.05. The van der Waals surface area contributed by atoms with Crippen molar-refractivity contribution in [3.63, 3.8) is 0 Å². The summed E-state index contributed by atoms with van der Waals surface area (Å²) in [6.45, 7) is 5.91. The molecule has 0 atom stereocenters. The highest BCUT2D eigenvalue weighted by Gasteiger charge is 2.14. The van der Waals surface area contributed by atoms with Crippen LogP contribution in [0.1, 0.15) is 30.2 Å². The minimum absolute atomic E-state index is 0.170. The predicted molar refractivity (Wildman–Crippen MR) is 95.7 cm³/mol. The summed E-state index contributed by atoms with van der Waals surface area (Å²) >= 11 is 0. The lowest BCUT2D eigenvalue weighted by molar-refractivity contribution is -0.143. The van der Waals surface area contributed by atoms with E-state index in [4.69, 9.17) is 4.74 Å². The van der Waals surface area contributed by atoms with Gasteiger partial charge in [0.1, 0.15) is 0 Å². The molecular formula is C19H21N3O3. The minimum Gasteiger partial charge on any atom is -0.466 e. The van der Waals surface area contributed by atoms with Crippen molar-refractivity contribution < 1.29 is 9.53 Å². The first-order chi connectivity index (χ1) is 12.0. The van der Waals surface area contributed by atoms with E-state index < -0.39 is 0 Å². The number of nitrogens with one attached hydrogen (secondary N) is 1. The molecule has 6 heteroatoms. The van der Waals surface area contributed by atoms with Gasteiger partial charge in [-0.1, -0.05) is 23.8 Å². The highest BCUT2D eigenvalue weighted by Crippen LogP contribution is 2.20. The van der Waals surface area contributed by atoms with Crippen LogP contribution in [0, 0.1) is 13.8 Å². The number of ether oxygens (including phenoxy) is 1. The molecule has 0 unspecified atom stereocenters. The molecule has 0 bridgehead atoms. The van der Waals surface area contributed by atoms with Crippen LogP contribution in [0.15, 0.2) is 35.1 Å². The Bertz CT molecular complexity index is 985. The van der Waals surface area contributed by atoms with Gasteiger partial charge < -0.3 is 4.74 Å². The molecular weight excluding hydrogens is 318 g/mol. The van der Waals surface area contributed by atoms with Gasteiger partial charge in [0, 0.05) is 23.7 Å². The number of hydrogen-bond acceptors (Lipinski definition) is 4. The number of carbonyl (C=O) groups is 1. The van der Waals surface area contributed by atoms with E-state index in [9.17, 15) is 9.59 Å². The quantitative estimate of drug-likeness (QED) is 0.725. The summed E-state index contributed by atoms with van der Waals surface area (Å²) < 4.78 is 6.36. The molecule has 0 aliphatic heterocycles. The number of benzene rings is 1. The van der Waals surface area contributed by atoms with E-state index in [0.717, 1.165) is 16.8 Å². The smallest absolute Gasteiger partial charge is 0.306 e. The van der Waals surface area contributed by atoms with E-state index in [1.165, 1.54) is 4.52 Å². The summed E-state index contributed by atoms with van der Waals surface area (Å²) in [7, 11) is 0. The third kappa shape index (κ3) is 3.47. The summed E-state index contributed by atoms with van der Waals surface area (Å²) in [5.74, 6) is -0.307. The van der Waals surface area contributed by atoms with Gasteiger partial charge in [-0.25, -0.2) is 9.50 Å². The number of H-pyrrole nitrogens is 1. The zero-order valence-electron chi connectivity index (χ0n) is 14.6. The van der Waals surface area contributed by atoms with Crippen LogP contribution < -0.4 is 5.56 Å². The van der Waals surface area contributed by atoms with Gasteiger partial charge in [-0.05, 0) is 38.8 Å². The first-order valence-electron chi connectivity index (χ1n) is 8.33. The Balaban J connectivity index is 1.99. The summed E-state index contributed by atoms with van der Waals surface area (Å²) in [6, 6.07) is 9.89. The van der Waals surface area contributed by atoms with Crippen LogP contribution in [-0.4, -0.2) is 27.2 Å². The van der Waals surface area contributed by atoms with Crippen LogP contribution >= 0.6 is 0 Å². The molecule has 6 nitrogen and oxygen atoms in total. The number of fused-ring (bicyclic) bond motifs is 1. The fourth-order valence-corrected chi connectivity index (χ4v) is 2.88. The number of aromatic nitrogens is 3. The molecule has 25 heavy (non-hydrogen) atoms. The second-order valence-electron chi connectivity index (χ2n) is 6.02. The van der Waals surface area contributed by atoms with Crippen molar-refractivity contribution in [2.45, 2.75) is 33.6 Å². The molecule has 1 N–H and O–H groups in total. The third-order valence-corrected chi connectivity index (χ3v) is 4.13. The maximum Gasteiger partial charge on any atom is 0.306 e. The van der Waals surface area contributed by atoms with Crippen molar-refractivity contribution >= 4 is 11.6 Å². The number of nitrogens with zero attached hydrogens (tertiary/aromatic N) is 2. The maximum atomic E-state index is 12.8. The Labute approximate surface area is 145 Å². The van der Waals surface area contributed by atoms with Crippen LogP contribution in [0.3, 0.4) is 0 Å². The molecule has 0 aliphatic carbocycles. The molecule has 0 fully saturated rings. The number of esters is 1. The van der Waals surface area contributed by atoms with E-state index >= 15 is 0 Å². The van der Waals surface area contributed by atoms with Crippen molar-refractivity contribution in [2.75, 3.05) is 6.61 Å². The Morgan fingerprint density at radius 3 is 2.80 bits per heavy atom. The van der Waals surface area contributed by atoms with Gasteiger partial charge in [-0.2, -0.15) is 0 Å². The van der Waals surface area contributed by atoms with Gasteiger partial charge in [0.2, 0.25) is 0 Å². The SMILES string of the molecule is CCOC(=O)CCc1c(C)nc2cc(-c3cccc(C)c3)[nH]n2c1=O. The molecule has 2 aromatic heterocycles. The molecule has 0 spiro atoms. The van der Waals surface area contributed by atoms with Crippen molar-refractivity contribution in [3.05, 3.63) is 57.5 Å². The van der Waals surface area contributed by atoms with Crippen LogP contribution in [0.4, 0.5) is 0 Å². The molecule has 0 aliphatic rings. The second-order valence-corrected chi connectivity index (χ2v) is 6.02. The molecule has 1 aromatic carbocycles. The Morgan fingerprint density at radius 1 is 1.28 bits per heavy atom. The monoisotopic (exact) mass is 339 g/mol. The number of aryl methyl sites for hydroxylation is 2. The van der Waals surface area contributed by atoms with Gasteiger partial charge in [0.15, 0.2) is 5.65 Å². The largest absolute Gasteiger partial charge is 0.466 e. The predicted octanol–water partition coefficient (Wildman–Crippen LogP) is 2.80. The van der Waals surface area contributed by atoms with Gasteiger partial charge >= 0.3 is 5.97 Å². The van der Waals surface area contributed by atoms with E-state index in [-0.39, 0.29) is 17.9 Å². The van der Waals surface area contributed by atoms with Crippen molar-refractivity contribution in [2.24, 2.45) is 0 Å². The molecule has 0 saturated carbocycles. The van der Waals surface area contributed by atoms with Crippen molar-refractivity contribution in [3.8, 4) is 11.3 Å². The molecule has 0 radical (unpaired) electrons. The topological polar surface area (TPSA) is 76.5 Å². The van der Waals surface area contributed by atoms with E-state index in [0.29, 0.717) is 29.9 Å². The summed E-state index contributed by atoms with van der Waals surface area (Å²) in [5.41, 5.74) is 4.53. The first-order valence-corrected chi connectivity index (χ1v) is 8.33. The second kappa shape index (κ2) is 6.93. The Morgan fingerprint density at radius 2 is 2.08 bits per heavy atom. The zero-order valence-corrected chi connectivity index (χ0v) is 14.6. The van der Waals surface area contributed by atoms with E-state index in [2.05, 4.69) is 10.1 Å². The normalized spacial score (nSPS) is 11.0. The van der Waals surface area contributed by atoms with Crippen LogP contribution in [0.5, 0.6) is 0 Å². The van der Waals surface area contributed by atoms with Crippen LogP contribution in [0.25, 0.3) is 16.9 Å². The average Bonchev–Trinajstić information content (AvgIpc) is 2.99. The van der Waals surface area contributed by atoms with Gasteiger partial charge in [-0.3, -0.25) is 14.7 Å². The molecule has 130 valence electrons. The van der Waals surface area contributed by atoms with E-state index in [1.807, 2.05) is 37.3 Å². The minimum atomic E-state index is -0.307. The van der Waals surface area contributed by atoms with Crippen LogP contribution in [-0.2, 0) is 16.0 Å². The average molecular weight is 339 g/mol. The molecule has 0 amide bonds. The molecule has 0 saturated heterocycles. The Kier molecular flexibility index (Phi) is 4.70.